The maximum Gasteiger partial charge on any atom is 0.410 e. The van der Waals surface area contributed by atoms with Gasteiger partial charge in [0, 0.05) is 12.5 Å². The normalized spacial score (nSPS) is 28.2. The van der Waals surface area contributed by atoms with Crippen molar-refractivity contribution < 1.29 is 9.53 Å². The minimum atomic E-state index is -0.203. The first kappa shape index (κ1) is 12.1. The molecule has 1 aliphatic carbocycles. The van der Waals surface area contributed by atoms with Gasteiger partial charge in [0.2, 0.25) is 0 Å². The second-order valence-corrected chi connectivity index (χ2v) is 5.44. The number of carbonyl (C=O) groups excluding carboxylic acids is 1. The van der Waals surface area contributed by atoms with E-state index in [1.165, 1.54) is 0 Å². The third-order valence-electron chi connectivity index (χ3n) is 4.29. The number of ether oxygens (including phenoxy) is 1. The van der Waals surface area contributed by atoms with Gasteiger partial charge in [-0.05, 0) is 24.8 Å². The second kappa shape index (κ2) is 4.62. The van der Waals surface area contributed by atoms with Crippen LogP contribution >= 0.6 is 0 Å². The fraction of sp³-hybridized carbons (Fsp3) is 0.438. The molecule has 0 aromatic heterocycles. The molecular weight excluding hydrogens is 238 g/mol. The van der Waals surface area contributed by atoms with E-state index in [1.54, 1.807) is 0 Å². The Kier molecular flexibility index (Phi) is 2.94. The highest BCUT2D eigenvalue weighted by Gasteiger charge is 2.55. The summed E-state index contributed by atoms with van der Waals surface area (Å²) < 4.78 is 5.37. The van der Waals surface area contributed by atoms with Crippen LogP contribution in [0.25, 0.3) is 0 Å². The van der Waals surface area contributed by atoms with Crippen molar-refractivity contribution >= 4 is 6.09 Å². The Morgan fingerprint density at radius 1 is 1.42 bits per heavy atom. The average molecular weight is 255 g/mol. The lowest BCUT2D eigenvalue weighted by atomic mass is 9.62. The number of terminal acetylenes is 1. The van der Waals surface area contributed by atoms with E-state index in [-0.39, 0.29) is 11.6 Å². The van der Waals surface area contributed by atoms with Crippen LogP contribution in [0.1, 0.15) is 24.8 Å². The van der Waals surface area contributed by atoms with Gasteiger partial charge in [0.05, 0.1) is 5.54 Å². The van der Waals surface area contributed by atoms with Gasteiger partial charge in [-0.25, -0.2) is 4.79 Å². The lowest BCUT2D eigenvalue weighted by Gasteiger charge is -2.59. The molecule has 1 aromatic rings. The van der Waals surface area contributed by atoms with Gasteiger partial charge in [-0.1, -0.05) is 30.3 Å². The van der Waals surface area contributed by atoms with Crippen molar-refractivity contribution in [1.29, 1.82) is 0 Å². The molecule has 1 saturated carbocycles. The molecule has 1 amide bonds. The van der Waals surface area contributed by atoms with Crippen LogP contribution in [0, 0.1) is 18.3 Å². The van der Waals surface area contributed by atoms with E-state index in [4.69, 9.17) is 11.2 Å². The van der Waals surface area contributed by atoms with E-state index in [0.29, 0.717) is 12.5 Å². The summed E-state index contributed by atoms with van der Waals surface area (Å²) >= 11 is 0. The van der Waals surface area contributed by atoms with Crippen LogP contribution in [0.2, 0.25) is 0 Å². The molecule has 3 nitrogen and oxygen atoms in total. The topological polar surface area (TPSA) is 29.5 Å². The molecule has 0 bridgehead atoms. The van der Waals surface area contributed by atoms with Crippen molar-refractivity contribution in [3.05, 3.63) is 35.9 Å². The summed E-state index contributed by atoms with van der Waals surface area (Å²) in [7, 11) is 0. The average Bonchev–Trinajstić information content (AvgIpc) is 2.35. The molecular formula is C16H17NO2. The number of hydrogen-bond donors (Lipinski definition) is 0. The van der Waals surface area contributed by atoms with Crippen LogP contribution in [0.15, 0.2) is 30.3 Å². The minimum absolute atomic E-state index is 0.0187. The van der Waals surface area contributed by atoms with Gasteiger partial charge in [-0.2, -0.15) is 0 Å². The van der Waals surface area contributed by atoms with E-state index in [1.807, 2.05) is 35.2 Å². The zero-order chi connectivity index (χ0) is 13.3. The van der Waals surface area contributed by atoms with Crippen molar-refractivity contribution in [3.63, 3.8) is 0 Å². The monoisotopic (exact) mass is 255 g/mol. The largest absolute Gasteiger partial charge is 0.445 e. The van der Waals surface area contributed by atoms with Gasteiger partial charge in [0.25, 0.3) is 0 Å². The molecule has 0 N–H and O–H groups in total. The van der Waals surface area contributed by atoms with Gasteiger partial charge in [-0.15, -0.1) is 12.3 Å². The van der Waals surface area contributed by atoms with Crippen molar-refractivity contribution in [2.24, 2.45) is 5.92 Å². The number of likely N-dealkylation sites (tertiary alicyclic amines) is 1. The fourth-order valence-corrected chi connectivity index (χ4v) is 3.02. The van der Waals surface area contributed by atoms with E-state index >= 15 is 0 Å². The lowest BCUT2D eigenvalue weighted by Crippen LogP contribution is -2.68. The molecule has 2 fully saturated rings. The molecule has 1 aliphatic heterocycles. The molecule has 1 aromatic carbocycles. The maximum atomic E-state index is 12.1. The van der Waals surface area contributed by atoms with Gasteiger partial charge in [0.1, 0.15) is 6.61 Å². The Balaban J connectivity index is 1.53. The summed E-state index contributed by atoms with van der Waals surface area (Å²) in [6, 6.07) is 9.74. The van der Waals surface area contributed by atoms with E-state index in [2.05, 4.69) is 5.92 Å². The molecule has 0 unspecified atom stereocenters. The van der Waals surface area contributed by atoms with Crippen LogP contribution in [0.3, 0.4) is 0 Å². The zero-order valence-corrected chi connectivity index (χ0v) is 10.8. The van der Waals surface area contributed by atoms with E-state index in [9.17, 15) is 4.79 Å². The Morgan fingerprint density at radius 3 is 2.74 bits per heavy atom. The van der Waals surface area contributed by atoms with Gasteiger partial charge < -0.3 is 9.64 Å². The van der Waals surface area contributed by atoms with Gasteiger partial charge in [-0.3, -0.25) is 0 Å². The molecule has 0 radical (unpaired) electrons. The number of rotatable bonds is 2. The van der Waals surface area contributed by atoms with Crippen molar-refractivity contribution in [2.75, 3.05) is 6.54 Å². The molecule has 1 heterocycles. The maximum absolute atomic E-state index is 12.1. The van der Waals surface area contributed by atoms with Crippen molar-refractivity contribution in [3.8, 4) is 12.3 Å². The Hall–Kier alpha value is -1.95. The standard InChI is InChI=1S/C16H17NO2/c1-2-13-10-16(11-13)8-9-17(16)15(18)19-12-14-6-4-3-5-7-14/h1,3-7,13H,8-12H2. The van der Waals surface area contributed by atoms with Crippen LogP contribution in [-0.2, 0) is 11.3 Å². The van der Waals surface area contributed by atoms with Gasteiger partial charge in [0.15, 0.2) is 0 Å². The molecule has 3 heteroatoms. The Labute approximate surface area is 113 Å². The highest BCUT2D eigenvalue weighted by atomic mass is 16.6. The van der Waals surface area contributed by atoms with Crippen LogP contribution in [-0.4, -0.2) is 23.1 Å². The van der Waals surface area contributed by atoms with E-state index in [0.717, 1.165) is 31.4 Å². The van der Waals surface area contributed by atoms with Gasteiger partial charge >= 0.3 is 6.09 Å². The molecule has 98 valence electrons. The summed E-state index contributed by atoms with van der Waals surface area (Å²) in [5.41, 5.74) is 1.03. The van der Waals surface area contributed by atoms with Crippen LogP contribution < -0.4 is 0 Å². The number of nitrogens with zero attached hydrogens (tertiary/aromatic N) is 1. The summed E-state index contributed by atoms with van der Waals surface area (Å²) in [4.78, 5) is 13.9. The molecule has 1 spiro atoms. The quantitative estimate of drug-likeness (QED) is 0.760. The molecule has 0 atom stereocenters. The first-order valence-corrected chi connectivity index (χ1v) is 6.68. The number of carbonyl (C=O) groups is 1. The van der Waals surface area contributed by atoms with Crippen molar-refractivity contribution in [1.82, 2.24) is 4.90 Å². The Bertz CT molecular complexity index is 511. The first-order chi connectivity index (χ1) is 9.23. The molecule has 2 aliphatic rings. The summed E-state index contributed by atoms with van der Waals surface area (Å²) in [6.45, 7) is 1.13. The third kappa shape index (κ3) is 2.08. The summed E-state index contributed by atoms with van der Waals surface area (Å²) in [5.74, 6) is 3.10. The van der Waals surface area contributed by atoms with E-state index < -0.39 is 0 Å². The predicted molar refractivity (Wildman–Crippen MR) is 72.2 cm³/mol. The number of benzene rings is 1. The zero-order valence-electron chi connectivity index (χ0n) is 10.8. The highest BCUT2D eigenvalue weighted by molar-refractivity contribution is 5.70. The summed E-state index contributed by atoms with van der Waals surface area (Å²) in [6.07, 6.45) is 8.13. The highest BCUT2D eigenvalue weighted by Crippen LogP contribution is 2.50. The predicted octanol–water partition coefficient (Wildman–Crippen LogP) is 2.81. The first-order valence-electron chi connectivity index (χ1n) is 6.68. The lowest BCUT2D eigenvalue weighted by molar-refractivity contribution is -0.0789. The number of amides is 1. The molecule has 19 heavy (non-hydrogen) atoms. The van der Waals surface area contributed by atoms with Crippen LogP contribution in [0.4, 0.5) is 4.79 Å². The second-order valence-electron chi connectivity index (χ2n) is 5.44. The SMILES string of the molecule is C#CC1CC2(CCN2C(=O)OCc2ccccc2)C1. The molecule has 1 saturated heterocycles. The van der Waals surface area contributed by atoms with Crippen molar-refractivity contribution in [2.45, 2.75) is 31.4 Å². The smallest absolute Gasteiger partial charge is 0.410 e. The Morgan fingerprint density at radius 2 is 2.16 bits per heavy atom. The molecule has 3 rings (SSSR count). The fourth-order valence-electron chi connectivity index (χ4n) is 3.02. The van der Waals surface area contributed by atoms with Crippen LogP contribution in [0.5, 0.6) is 0 Å². The number of hydrogen-bond acceptors (Lipinski definition) is 2. The summed E-state index contributed by atoms with van der Waals surface area (Å²) in [5, 5.41) is 0. The minimum Gasteiger partial charge on any atom is -0.445 e. The third-order valence-corrected chi connectivity index (χ3v) is 4.29.